The number of carbonyl (C=O) groups is 1. The third-order valence-electron chi connectivity index (χ3n) is 7.73. The van der Waals surface area contributed by atoms with Crippen molar-refractivity contribution < 1.29 is 42.6 Å². The van der Waals surface area contributed by atoms with Crippen LogP contribution < -0.4 is 5.32 Å². The van der Waals surface area contributed by atoms with Gasteiger partial charge in [-0.25, -0.2) is 4.57 Å². The second-order valence-corrected chi connectivity index (χ2v) is 11.3. The van der Waals surface area contributed by atoms with Crippen LogP contribution in [0.15, 0.2) is 35.6 Å². The highest BCUT2D eigenvalue weighted by Crippen LogP contribution is 2.62. The Labute approximate surface area is 196 Å². The van der Waals surface area contributed by atoms with Gasteiger partial charge in [0.05, 0.1) is 12.1 Å². The Hall–Kier alpha value is -2.04. The van der Waals surface area contributed by atoms with Crippen molar-refractivity contribution in [2.75, 3.05) is 20.1 Å². The van der Waals surface area contributed by atoms with Crippen molar-refractivity contribution in [1.82, 2.24) is 10.2 Å². The standard InChI is InChI=1S/C22H29N2O9P/c1-11-5-3-2-4-6-24(11)9-31-34(28)32-19-14(25)7-13-12-8-15-20(30-10-29-15)18(26)16(12)22(27)23-17(13)21(19)33-34/h8,12-14,16-17,19,21,25-26H,1-7,9-10H2,(H,23,27)/t12?,13-,14+,16?,17-,19-,21+,34?/m1/s1. The zero-order valence-corrected chi connectivity index (χ0v) is 19.5. The number of likely N-dealkylation sites (tertiary alicyclic amines) is 1. The summed E-state index contributed by atoms with van der Waals surface area (Å²) >= 11 is 0. The van der Waals surface area contributed by atoms with Crippen LogP contribution in [-0.2, 0) is 32.4 Å². The summed E-state index contributed by atoms with van der Waals surface area (Å²) in [5.74, 6) is -1.62. The van der Waals surface area contributed by atoms with Crippen LogP contribution in [0.3, 0.4) is 0 Å². The Morgan fingerprint density at radius 3 is 2.91 bits per heavy atom. The maximum atomic E-state index is 13.4. The first-order valence-corrected chi connectivity index (χ1v) is 13.2. The van der Waals surface area contributed by atoms with Gasteiger partial charge < -0.3 is 29.9 Å². The molecule has 0 aromatic carbocycles. The number of piperidine rings is 1. The Bertz CT molecular complexity index is 1010. The van der Waals surface area contributed by atoms with Crippen LogP contribution in [-0.4, -0.2) is 65.4 Å². The molecule has 3 N–H and O–H groups in total. The molecule has 3 unspecified atom stereocenters. The molecular weight excluding hydrogens is 467 g/mol. The molecule has 4 aliphatic heterocycles. The molecule has 4 saturated heterocycles. The van der Waals surface area contributed by atoms with Crippen LogP contribution in [0, 0.1) is 17.8 Å². The maximum Gasteiger partial charge on any atom is 0.477 e. The minimum atomic E-state index is -3.98. The maximum absolute atomic E-state index is 13.4. The van der Waals surface area contributed by atoms with E-state index in [1.807, 2.05) is 4.90 Å². The van der Waals surface area contributed by atoms with Crippen molar-refractivity contribution in [3.8, 4) is 0 Å². The molecule has 6 rings (SSSR count). The van der Waals surface area contributed by atoms with Gasteiger partial charge in [-0.05, 0) is 37.7 Å². The van der Waals surface area contributed by atoms with Crippen molar-refractivity contribution in [2.45, 2.75) is 56.5 Å². The third kappa shape index (κ3) is 3.56. The lowest BCUT2D eigenvalue weighted by atomic mass is 9.64. The first kappa shape index (κ1) is 22.4. The number of hydrogen-bond acceptors (Lipinski definition) is 10. The normalized spacial score (nSPS) is 43.5. The number of phosphoric acid groups is 1. The van der Waals surface area contributed by atoms with Crippen molar-refractivity contribution in [1.29, 1.82) is 0 Å². The largest absolute Gasteiger partial charge is 0.507 e. The molecule has 5 fully saturated rings. The molecule has 186 valence electrons. The summed E-state index contributed by atoms with van der Waals surface area (Å²) in [6.45, 7) is 4.81. The number of carbonyl (C=O) groups excluding carboxylic acids is 1. The Morgan fingerprint density at radius 1 is 1.24 bits per heavy atom. The number of ether oxygens (including phenoxy) is 2. The van der Waals surface area contributed by atoms with E-state index < -0.39 is 49.9 Å². The smallest absolute Gasteiger partial charge is 0.477 e. The molecule has 34 heavy (non-hydrogen) atoms. The highest BCUT2D eigenvalue weighted by atomic mass is 31.2. The van der Waals surface area contributed by atoms with E-state index in [1.165, 1.54) is 0 Å². The minimum absolute atomic E-state index is 0.0156. The highest BCUT2D eigenvalue weighted by Gasteiger charge is 2.62. The van der Waals surface area contributed by atoms with Crippen LogP contribution in [0.4, 0.5) is 0 Å². The summed E-state index contributed by atoms with van der Waals surface area (Å²) in [6, 6.07) is -0.580. The van der Waals surface area contributed by atoms with Gasteiger partial charge in [-0.3, -0.25) is 18.4 Å². The molecule has 0 aromatic heterocycles. The molecule has 0 bridgehead atoms. The van der Waals surface area contributed by atoms with E-state index in [9.17, 15) is 19.6 Å². The number of nitrogens with one attached hydrogen (secondary N) is 1. The second-order valence-electron chi connectivity index (χ2n) is 9.69. The molecule has 1 saturated carbocycles. The van der Waals surface area contributed by atoms with Crippen LogP contribution >= 0.6 is 7.82 Å². The highest BCUT2D eigenvalue weighted by molar-refractivity contribution is 7.48. The van der Waals surface area contributed by atoms with E-state index in [0.717, 1.165) is 37.9 Å². The van der Waals surface area contributed by atoms with Crippen LogP contribution in [0.5, 0.6) is 0 Å². The van der Waals surface area contributed by atoms with E-state index >= 15 is 0 Å². The molecule has 1 amide bonds. The van der Waals surface area contributed by atoms with Gasteiger partial charge in [0.2, 0.25) is 18.5 Å². The summed E-state index contributed by atoms with van der Waals surface area (Å²) in [4.78, 5) is 14.9. The average Bonchev–Trinajstić information content (AvgIpc) is 3.36. The molecular formula is C22H29N2O9P. The predicted octanol–water partition coefficient (Wildman–Crippen LogP) is 2.03. The fraction of sp³-hybridized carbons (Fsp3) is 0.682. The fourth-order valence-electron chi connectivity index (χ4n) is 6.00. The van der Waals surface area contributed by atoms with E-state index in [0.29, 0.717) is 5.76 Å². The van der Waals surface area contributed by atoms with E-state index in [1.54, 1.807) is 6.08 Å². The number of nitrogens with zero attached hydrogens (tertiary/aromatic N) is 1. The molecule has 8 atom stereocenters. The van der Waals surface area contributed by atoms with Crippen molar-refractivity contribution in [3.05, 3.63) is 35.6 Å². The van der Waals surface area contributed by atoms with Crippen molar-refractivity contribution in [2.24, 2.45) is 17.8 Å². The Balaban J connectivity index is 1.21. The zero-order valence-electron chi connectivity index (χ0n) is 18.6. The van der Waals surface area contributed by atoms with E-state index in [2.05, 4.69) is 11.9 Å². The summed E-state index contributed by atoms with van der Waals surface area (Å²) in [5, 5.41) is 24.5. The monoisotopic (exact) mass is 496 g/mol. The van der Waals surface area contributed by atoms with Crippen molar-refractivity contribution >= 4 is 13.7 Å². The lowest BCUT2D eigenvalue weighted by molar-refractivity contribution is -0.139. The minimum Gasteiger partial charge on any atom is -0.507 e. The molecule has 11 nitrogen and oxygen atoms in total. The first-order valence-electron chi connectivity index (χ1n) is 11.8. The van der Waals surface area contributed by atoms with Gasteiger partial charge in [-0.2, -0.15) is 0 Å². The van der Waals surface area contributed by atoms with Gasteiger partial charge >= 0.3 is 7.82 Å². The number of phosphoric ester groups is 1. The number of aliphatic hydroxyl groups excluding tert-OH is 2. The summed E-state index contributed by atoms with van der Waals surface area (Å²) in [6.07, 6.45) is 3.28. The van der Waals surface area contributed by atoms with Gasteiger partial charge in [0, 0.05) is 18.2 Å². The molecule has 0 spiro atoms. The number of hydrogen-bond donors (Lipinski definition) is 3. The first-order chi connectivity index (χ1) is 16.3. The Kier molecular flexibility index (Phi) is 5.46. The van der Waals surface area contributed by atoms with Crippen molar-refractivity contribution in [3.63, 3.8) is 0 Å². The van der Waals surface area contributed by atoms with Gasteiger partial charge in [-0.1, -0.05) is 13.0 Å². The number of allylic oxidation sites excluding steroid dienone is 2. The Morgan fingerprint density at radius 2 is 2.06 bits per heavy atom. The summed E-state index contributed by atoms with van der Waals surface area (Å²) < 4.78 is 41.2. The van der Waals surface area contributed by atoms with Crippen LogP contribution in [0.25, 0.3) is 0 Å². The number of aliphatic hydroxyl groups is 2. The number of amides is 1. The molecule has 2 aliphatic carbocycles. The van der Waals surface area contributed by atoms with Gasteiger partial charge in [0.1, 0.15) is 24.9 Å². The van der Waals surface area contributed by atoms with Crippen LogP contribution in [0.2, 0.25) is 0 Å². The number of rotatable bonds is 3. The topological polar surface area (TPSA) is 136 Å². The quantitative estimate of drug-likeness (QED) is 0.498. The molecule has 12 heteroatoms. The third-order valence-corrected chi connectivity index (χ3v) is 9.16. The van der Waals surface area contributed by atoms with E-state index in [4.69, 9.17) is 23.0 Å². The molecule has 0 aromatic rings. The van der Waals surface area contributed by atoms with E-state index in [-0.39, 0.29) is 37.4 Å². The SMILES string of the molecule is C=C1CCCCCN1COP1(=O)O[C@H]2[C@@H]3NC(=O)C4C(O)=C5OCOC5=CC4[C@H]3C[C@H](O)[C@H]2O1. The molecule has 4 heterocycles. The summed E-state index contributed by atoms with van der Waals surface area (Å²) in [7, 11) is -3.98. The molecule has 6 aliphatic rings. The van der Waals surface area contributed by atoms with Gasteiger partial charge in [-0.15, -0.1) is 0 Å². The second kappa shape index (κ2) is 8.27. The van der Waals surface area contributed by atoms with Gasteiger partial charge in [0.25, 0.3) is 0 Å². The zero-order chi connectivity index (χ0) is 23.6. The average molecular weight is 496 g/mol. The fourth-order valence-corrected chi connectivity index (χ4v) is 7.56. The number of fused-ring (bicyclic) bond motifs is 6. The molecule has 0 radical (unpaired) electrons. The lowest BCUT2D eigenvalue weighted by Crippen LogP contribution is -2.65. The predicted molar refractivity (Wildman–Crippen MR) is 115 cm³/mol. The lowest BCUT2D eigenvalue weighted by Gasteiger charge is -2.49. The summed E-state index contributed by atoms with van der Waals surface area (Å²) in [5.41, 5.74) is 0.919. The van der Waals surface area contributed by atoms with Crippen LogP contribution in [0.1, 0.15) is 32.1 Å². The van der Waals surface area contributed by atoms with Gasteiger partial charge in [0.15, 0.2) is 11.5 Å².